The molecule has 0 N–H and O–H groups in total. The second kappa shape index (κ2) is 12.7. The minimum atomic E-state index is -3.54. The normalized spacial score (nSPS) is 15.6. The van der Waals surface area contributed by atoms with Crippen LogP contribution in [-0.4, -0.2) is 82.5 Å². The van der Waals surface area contributed by atoms with Crippen LogP contribution in [-0.2, 0) is 24.7 Å². The lowest BCUT2D eigenvalue weighted by Gasteiger charge is -2.33. The van der Waals surface area contributed by atoms with Crippen molar-refractivity contribution < 1.29 is 21.6 Å². The standard InChI is InChI=1S/C24H32N4O5S4.ClH/c1-4-26(5-2)14-15-28(24-25-20-9-8-19(36(3,30)31)17-21(20)35-24)23(29)18-10-12-27(13-11-18)37(32,33)22-7-6-16-34-22;/h6-9,16-18H,4-5,10-15H2,1-3H3;1H. The van der Waals surface area contributed by atoms with E-state index < -0.39 is 19.9 Å². The molecule has 1 fully saturated rings. The summed E-state index contributed by atoms with van der Waals surface area (Å²) in [6, 6.07) is 8.14. The quantitative estimate of drug-likeness (QED) is 0.338. The van der Waals surface area contributed by atoms with E-state index in [-0.39, 0.29) is 42.2 Å². The Bertz CT molecular complexity index is 1450. The summed E-state index contributed by atoms with van der Waals surface area (Å²) in [5.41, 5.74) is 0.643. The van der Waals surface area contributed by atoms with Crippen LogP contribution in [0.1, 0.15) is 26.7 Å². The smallest absolute Gasteiger partial charge is 0.252 e. The topological polar surface area (TPSA) is 108 Å². The minimum absolute atomic E-state index is 0. The maximum Gasteiger partial charge on any atom is 0.252 e. The maximum atomic E-state index is 13.8. The number of aromatic nitrogens is 1. The first-order valence-electron chi connectivity index (χ1n) is 12.2. The third kappa shape index (κ3) is 6.75. The molecule has 1 amide bonds. The van der Waals surface area contributed by atoms with Crippen LogP contribution in [0.25, 0.3) is 10.2 Å². The van der Waals surface area contributed by atoms with Crippen molar-refractivity contribution >= 4 is 76.2 Å². The molecule has 0 radical (unpaired) electrons. The molecule has 0 unspecified atom stereocenters. The Morgan fingerprint density at radius 1 is 1.08 bits per heavy atom. The molecule has 0 aliphatic carbocycles. The molecule has 2 aromatic heterocycles. The number of fused-ring (bicyclic) bond motifs is 1. The number of carbonyl (C=O) groups excluding carboxylic acids is 1. The molecule has 3 aromatic rings. The Morgan fingerprint density at radius 3 is 2.34 bits per heavy atom. The summed E-state index contributed by atoms with van der Waals surface area (Å²) < 4.78 is 52.3. The molecular formula is C24H33ClN4O5S4. The number of sulfone groups is 1. The van der Waals surface area contributed by atoms with E-state index in [9.17, 15) is 21.6 Å². The van der Waals surface area contributed by atoms with Crippen LogP contribution in [0, 0.1) is 5.92 Å². The number of halogens is 1. The van der Waals surface area contributed by atoms with Gasteiger partial charge in [-0.1, -0.05) is 31.3 Å². The van der Waals surface area contributed by atoms with E-state index >= 15 is 0 Å². The minimum Gasteiger partial charge on any atom is -0.302 e. The van der Waals surface area contributed by atoms with Crippen molar-refractivity contribution in [3.05, 3.63) is 35.7 Å². The number of likely N-dealkylation sites (N-methyl/N-ethyl adjacent to an activating group) is 1. The van der Waals surface area contributed by atoms with E-state index in [0.29, 0.717) is 45.5 Å². The Morgan fingerprint density at radius 2 is 1.76 bits per heavy atom. The molecule has 14 heteroatoms. The molecule has 1 aliphatic rings. The molecule has 0 bridgehead atoms. The molecule has 1 saturated heterocycles. The molecule has 0 atom stereocenters. The predicted octanol–water partition coefficient (Wildman–Crippen LogP) is 3.96. The summed E-state index contributed by atoms with van der Waals surface area (Å²) in [6.45, 7) is 7.57. The van der Waals surface area contributed by atoms with Crippen molar-refractivity contribution in [2.45, 2.75) is 35.8 Å². The van der Waals surface area contributed by atoms with Gasteiger partial charge in [0, 0.05) is 38.4 Å². The molecule has 38 heavy (non-hydrogen) atoms. The van der Waals surface area contributed by atoms with E-state index in [2.05, 4.69) is 23.7 Å². The number of thiazole rings is 1. The summed E-state index contributed by atoms with van der Waals surface area (Å²) in [7, 11) is -6.90. The first-order valence-corrected chi connectivity index (χ1v) is 17.3. The number of hydrogen-bond donors (Lipinski definition) is 0. The molecule has 3 heterocycles. The molecule has 1 aromatic carbocycles. The molecule has 0 saturated carbocycles. The second-order valence-electron chi connectivity index (χ2n) is 9.03. The Kier molecular flexibility index (Phi) is 10.3. The van der Waals surface area contributed by atoms with Gasteiger partial charge in [0.1, 0.15) is 4.21 Å². The van der Waals surface area contributed by atoms with Gasteiger partial charge in [-0.15, -0.1) is 23.7 Å². The number of carbonyl (C=O) groups is 1. The van der Waals surface area contributed by atoms with E-state index in [1.165, 1.54) is 39.3 Å². The molecular weight excluding hydrogens is 588 g/mol. The molecule has 210 valence electrons. The lowest BCUT2D eigenvalue weighted by molar-refractivity contribution is -0.123. The fraction of sp³-hybridized carbons (Fsp3) is 0.500. The van der Waals surface area contributed by atoms with Gasteiger partial charge in [0.2, 0.25) is 5.91 Å². The van der Waals surface area contributed by atoms with Gasteiger partial charge in [-0.2, -0.15) is 4.31 Å². The zero-order valence-electron chi connectivity index (χ0n) is 21.6. The van der Waals surface area contributed by atoms with E-state index in [1.54, 1.807) is 34.5 Å². The number of rotatable bonds is 10. The third-order valence-electron chi connectivity index (χ3n) is 6.70. The monoisotopic (exact) mass is 620 g/mol. The first-order chi connectivity index (χ1) is 17.5. The number of sulfonamides is 1. The SMILES string of the molecule is CCN(CC)CCN(C(=O)C1CCN(S(=O)(=O)c2cccs2)CC1)c1nc2ccc(S(C)(=O)=O)cc2s1.Cl. The number of nitrogens with zero attached hydrogens (tertiary/aromatic N) is 4. The highest BCUT2D eigenvalue weighted by Crippen LogP contribution is 2.33. The highest BCUT2D eigenvalue weighted by molar-refractivity contribution is 7.91. The van der Waals surface area contributed by atoms with Crippen molar-refractivity contribution in [3.63, 3.8) is 0 Å². The van der Waals surface area contributed by atoms with Crippen LogP contribution >= 0.6 is 35.1 Å². The fourth-order valence-corrected chi connectivity index (χ4v) is 8.79. The number of piperidine rings is 1. The van der Waals surface area contributed by atoms with Crippen LogP contribution in [0.5, 0.6) is 0 Å². The lowest BCUT2D eigenvalue weighted by atomic mass is 9.96. The highest BCUT2D eigenvalue weighted by Gasteiger charge is 2.35. The molecule has 9 nitrogen and oxygen atoms in total. The van der Waals surface area contributed by atoms with Gasteiger partial charge in [0.15, 0.2) is 15.0 Å². The lowest BCUT2D eigenvalue weighted by Crippen LogP contribution is -2.46. The van der Waals surface area contributed by atoms with Crippen LogP contribution in [0.15, 0.2) is 44.8 Å². The zero-order chi connectivity index (χ0) is 26.8. The van der Waals surface area contributed by atoms with Crippen molar-refractivity contribution in [1.82, 2.24) is 14.2 Å². The van der Waals surface area contributed by atoms with Gasteiger partial charge in [-0.25, -0.2) is 21.8 Å². The van der Waals surface area contributed by atoms with Gasteiger partial charge in [0.25, 0.3) is 10.0 Å². The van der Waals surface area contributed by atoms with E-state index in [0.717, 1.165) is 13.1 Å². The third-order valence-corrected chi connectivity index (χ3v) is 12.1. The predicted molar refractivity (Wildman–Crippen MR) is 156 cm³/mol. The maximum absolute atomic E-state index is 13.8. The first kappa shape index (κ1) is 30.9. The number of benzene rings is 1. The Hall–Kier alpha value is -1.61. The van der Waals surface area contributed by atoms with Crippen molar-refractivity contribution in [2.24, 2.45) is 5.92 Å². The summed E-state index contributed by atoms with van der Waals surface area (Å²) in [6.07, 6.45) is 2.05. The summed E-state index contributed by atoms with van der Waals surface area (Å²) >= 11 is 2.50. The van der Waals surface area contributed by atoms with E-state index in [1.807, 2.05) is 0 Å². The number of amides is 1. The Labute approximate surface area is 238 Å². The highest BCUT2D eigenvalue weighted by atomic mass is 35.5. The van der Waals surface area contributed by atoms with Gasteiger partial charge in [-0.05, 0) is 55.6 Å². The largest absolute Gasteiger partial charge is 0.302 e. The molecule has 0 spiro atoms. The summed E-state index contributed by atoms with van der Waals surface area (Å²) in [4.78, 5) is 22.6. The van der Waals surface area contributed by atoms with Gasteiger partial charge in [-0.3, -0.25) is 9.69 Å². The van der Waals surface area contributed by atoms with Gasteiger partial charge >= 0.3 is 0 Å². The van der Waals surface area contributed by atoms with Crippen LogP contribution in [0.2, 0.25) is 0 Å². The average Bonchev–Trinajstić information content (AvgIpc) is 3.56. The van der Waals surface area contributed by atoms with E-state index in [4.69, 9.17) is 0 Å². The van der Waals surface area contributed by atoms with Crippen LogP contribution < -0.4 is 4.90 Å². The van der Waals surface area contributed by atoms with Crippen molar-refractivity contribution in [1.29, 1.82) is 0 Å². The number of anilines is 1. The second-order valence-corrected chi connectivity index (χ2v) is 15.2. The Balaban J connectivity index is 0.00000400. The van der Waals surface area contributed by atoms with Crippen LogP contribution in [0.4, 0.5) is 5.13 Å². The molecule has 4 rings (SSSR count). The fourth-order valence-electron chi connectivity index (χ4n) is 4.42. The summed E-state index contributed by atoms with van der Waals surface area (Å²) in [5.74, 6) is -0.382. The zero-order valence-corrected chi connectivity index (χ0v) is 25.7. The van der Waals surface area contributed by atoms with Gasteiger partial charge < -0.3 is 4.90 Å². The summed E-state index contributed by atoms with van der Waals surface area (Å²) in [5, 5.41) is 2.28. The van der Waals surface area contributed by atoms with Crippen molar-refractivity contribution in [3.8, 4) is 0 Å². The van der Waals surface area contributed by atoms with Crippen LogP contribution in [0.3, 0.4) is 0 Å². The van der Waals surface area contributed by atoms with Crippen molar-refractivity contribution in [2.75, 3.05) is 50.4 Å². The average molecular weight is 621 g/mol. The number of thiophene rings is 1. The molecule has 1 aliphatic heterocycles. The van der Waals surface area contributed by atoms with Gasteiger partial charge in [0.05, 0.1) is 15.1 Å². The number of hydrogen-bond acceptors (Lipinski definition) is 9.